The van der Waals surface area contributed by atoms with Crippen molar-refractivity contribution in [3.63, 3.8) is 0 Å². The highest BCUT2D eigenvalue weighted by molar-refractivity contribution is 5.46. The van der Waals surface area contributed by atoms with Crippen LogP contribution in [-0.2, 0) is 17.6 Å². The van der Waals surface area contributed by atoms with Crippen molar-refractivity contribution in [3.05, 3.63) is 23.5 Å². The summed E-state index contributed by atoms with van der Waals surface area (Å²) >= 11 is 0. The van der Waals surface area contributed by atoms with E-state index in [1.165, 1.54) is 36.2 Å². The Morgan fingerprint density at radius 1 is 1.44 bits per heavy atom. The molecule has 0 spiro atoms. The van der Waals surface area contributed by atoms with Crippen molar-refractivity contribution in [1.82, 2.24) is 4.98 Å². The van der Waals surface area contributed by atoms with E-state index in [1.807, 2.05) is 6.20 Å². The average molecular weight is 218 g/mol. The molecule has 2 heterocycles. The van der Waals surface area contributed by atoms with Crippen molar-refractivity contribution in [1.29, 1.82) is 0 Å². The van der Waals surface area contributed by atoms with Gasteiger partial charge in [0, 0.05) is 24.8 Å². The zero-order chi connectivity index (χ0) is 10.8. The Labute approximate surface area is 96.2 Å². The molecule has 0 bridgehead atoms. The average Bonchev–Trinajstić information content (AvgIpc) is 2.97. The van der Waals surface area contributed by atoms with Crippen molar-refractivity contribution in [3.8, 4) is 0 Å². The van der Waals surface area contributed by atoms with Crippen LogP contribution in [-0.4, -0.2) is 24.7 Å². The molecule has 2 aliphatic rings. The highest BCUT2D eigenvalue weighted by atomic mass is 16.5. The van der Waals surface area contributed by atoms with Gasteiger partial charge in [0.2, 0.25) is 0 Å². The summed E-state index contributed by atoms with van der Waals surface area (Å²) < 4.78 is 5.36. The van der Waals surface area contributed by atoms with Crippen molar-refractivity contribution in [2.45, 2.75) is 25.7 Å². The lowest BCUT2D eigenvalue weighted by atomic mass is 10.1. The molecule has 3 nitrogen and oxygen atoms in total. The summed E-state index contributed by atoms with van der Waals surface area (Å²) in [5.41, 5.74) is 3.91. The van der Waals surface area contributed by atoms with E-state index in [1.54, 1.807) is 0 Å². The maximum absolute atomic E-state index is 5.36. The Balaban J connectivity index is 1.61. The summed E-state index contributed by atoms with van der Waals surface area (Å²) in [5, 5.41) is 3.47. The molecule has 1 aliphatic carbocycles. The van der Waals surface area contributed by atoms with Crippen molar-refractivity contribution in [2.24, 2.45) is 5.92 Å². The van der Waals surface area contributed by atoms with Crippen molar-refractivity contribution >= 4 is 5.69 Å². The van der Waals surface area contributed by atoms with Crippen LogP contribution in [0, 0.1) is 5.92 Å². The molecule has 1 aromatic rings. The Hall–Kier alpha value is -1.09. The van der Waals surface area contributed by atoms with Gasteiger partial charge in [-0.2, -0.15) is 0 Å². The van der Waals surface area contributed by atoms with Gasteiger partial charge in [-0.3, -0.25) is 4.98 Å². The van der Waals surface area contributed by atoms with E-state index in [9.17, 15) is 0 Å². The number of pyridine rings is 1. The van der Waals surface area contributed by atoms with E-state index in [-0.39, 0.29) is 0 Å². The van der Waals surface area contributed by atoms with Crippen LogP contribution in [0.15, 0.2) is 12.3 Å². The van der Waals surface area contributed by atoms with Crippen LogP contribution in [0.2, 0.25) is 0 Å². The monoisotopic (exact) mass is 218 g/mol. The van der Waals surface area contributed by atoms with Crippen LogP contribution in [0.4, 0.5) is 5.69 Å². The molecule has 1 aliphatic heterocycles. The van der Waals surface area contributed by atoms with Crippen molar-refractivity contribution < 1.29 is 4.74 Å². The van der Waals surface area contributed by atoms with Gasteiger partial charge in [-0.1, -0.05) is 0 Å². The highest BCUT2D eigenvalue weighted by Crippen LogP contribution is 2.23. The molecule has 0 radical (unpaired) electrons. The molecule has 86 valence electrons. The quantitative estimate of drug-likeness (QED) is 0.842. The SMILES string of the molecule is c1nc2c(cc1NCC1CCOC1)CCC2. The minimum atomic E-state index is 0.674. The smallest absolute Gasteiger partial charge is 0.0529 e. The molecule has 0 saturated carbocycles. The van der Waals surface area contributed by atoms with Crippen molar-refractivity contribution in [2.75, 3.05) is 25.1 Å². The van der Waals surface area contributed by atoms with Gasteiger partial charge in [-0.05, 0) is 37.3 Å². The van der Waals surface area contributed by atoms with E-state index >= 15 is 0 Å². The van der Waals surface area contributed by atoms with Crippen LogP contribution in [0.5, 0.6) is 0 Å². The van der Waals surface area contributed by atoms with Gasteiger partial charge in [0.05, 0.1) is 18.5 Å². The number of ether oxygens (including phenoxy) is 1. The zero-order valence-corrected chi connectivity index (χ0v) is 9.54. The normalized spacial score (nSPS) is 23.4. The lowest BCUT2D eigenvalue weighted by Crippen LogP contribution is -2.14. The van der Waals surface area contributed by atoms with E-state index < -0.39 is 0 Å². The lowest BCUT2D eigenvalue weighted by molar-refractivity contribution is 0.187. The molecular weight excluding hydrogens is 200 g/mol. The number of rotatable bonds is 3. The molecule has 1 unspecified atom stereocenters. The third-order valence-electron chi connectivity index (χ3n) is 3.54. The molecule has 1 fully saturated rings. The van der Waals surface area contributed by atoms with Gasteiger partial charge in [-0.25, -0.2) is 0 Å². The number of nitrogens with one attached hydrogen (secondary N) is 1. The van der Waals surface area contributed by atoms with E-state index in [2.05, 4.69) is 16.4 Å². The number of aryl methyl sites for hydroxylation is 2. The third-order valence-corrected chi connectivity index (χ3v) is 3.54. The van der Waals surface area contributed by atoms with Crippen LogP contribution in [0.3, 0.4) is 0 Å². The molecule has 3 heteroatoms. The summed E-state index contributed by atoms with van der Waals surface area (Å²) in [6.07, 6.45) is 6.78. The maximum Gasteiger partial charge on any atom is 0.0529 e. The summed E-state index contributed by atoms with van der Waals surface area (Å²) in [7, 11) is 0. The molecule has 1 N–H and O–H groups in total. The number of fused-ring (bicyclic) bond motifs is 1. The molecule has 0 amide bonds. The second-order valence-corrected chi connectivity index (χ2v) is 4.79. The second-order valence-electron chi connectivity index (χ2n) is 4.79. The number of aromatic nitrogens is 1. The second kappa shape index (κ2) is 4.42. The molecule has 16 heavy (non-hydrogen) atoms. The van der Waals surface area contributed by atoms with Gasteiger partial charge in [-0.15, -0.1) is 0 Å². The first-order valence-electron chi connectivity index (χ1n) is 6.21. The molecule has 3 rings (SSSR count). The Bertz CT molecular complexity index is 372. The first-order valence-corrected chi connectivity index (χ1v) is 6.21. The predicted octanol–water partition coefficient (Wildman–Crippen LogP) is 2.02. The molecule has 1 saturated heterocycles. The molecule has 1 atom stereocenters. The van der Waals surface area contributed by atoms with Gasteiger partial charge in [0.25, 0.3) is 0 Å². The van der Waals surface area contributed by atoms with E-state index in [0.717, 1.165) is 26.2 Å². The maximum atomic E-state index is 5.36. The largest absolute Gasteiger partial charge is 0.383 e. The number of hydrogen-bond acceptors (Lipinski definition) is 3. The lowest BCUT2D eigenvalue weighted by Gasteiger charge is -2.11. The number of hydrogen-bond donors (Lipinski definition) is 1. The predicted molar refractivity (Wildman–Crippen MR) is 63.7 cm³/mol. The topological polar surface area (TPSA) is 34.2 Å². The number of nitrogens with zero attached hydrogens (tertiary/aromatic N) is 1. The van der Waals surface area contributed by atoms with Gasteiger partial charge in [0.15, 0.2) is 0 Å². The molecule has 1 aromatic heterocycles. The summed E-state index contributed by atoms with van der Waals surface area (Å²) in [5.74, 6) is 0.674. The summed E-state index contributed by atoms with van der Waals surface area (Å²) in [4.78, 5) is 4.51. The van der Waals surface area contributed by atoms with Crippen LogP contribution in [0.1, 0.15) is 24.1 Å². The summed E-state index contributed by atoms with van der Waals surface area (Å²) in [6, 6.07) is 2.27. The fourth-order valence-electron chi connectivity index (χ4n) is 2.53. The Morgan fingerprint density at radius 3 is 3.31 bits per heavy atom. The fraction of sp³-hybridized carbons (Fsp3) is 0.615. The fourth-order valence-corrected chi connectivity index (χ4v) is 2.53. The third kappa shape index (κ3) is 2.05. The van der Waals surface area contributed by atoms with Gasteiger partial charge < -0.3 is 10.1 Å². The minimum absolute atomic E-state index is 0.674. The first kappa shape index (κ1) is 10.1. The minimum Gasteiger partial charge on any atom is -0.383 e. The van der Waals surface area contributed by atoms with E-state index in [4.69, 9.17) is 4.74 Å². The van der Waals surface area contributed by atoms with Crippen LogP contribution < -0.4 is 5.32 Å². The van der Waals surface area contributed by atoms with E-state index in [0.29, 0.717) is 5.92 Å². The molecular formula is C13H18N2O. The highest BCUT2D eigenvalue weighted by Gasteiger charge is 2.16. The van der Waals surface area contributed by atoms with Crippen LogP contribution >= 0.6 is 0 Å². The standard InChI is InChI=1S/C13H18N2O/c1-2-11-6-12(8-15-13(11)3-1)14-7-10-4-5-16-9-10/h6,8,10,14H,1-5,7,9H2. The van der Waals surface area contributed by atoms with Gasteiger partial charge >= 0.3 is 0 Å². The van der Waals surface area contributed by atoms with Crippen LogP contribution in [0.25, 0.3) is 0 Å². The zero-order valence-electron chi connectivity index (χ0n) is 9.54. The Morgan fingerprint density at radius 2 is 2.44 bits per heavy atom. The molecule has 0 aromatic carbocycles. The first-order chi connectivity index (χ1) is 7.92. The van der Waals surface area contributed by atoms with Gasteiger partial charge in [0.1, 0.15) is 0 Å². The Kier molecular flexibility index (Phi) is 2.79. The number of anilines is 1. The summed E-state index contributed by atoms with van der Waals surface area (Å²) in [6.45, 7) is 2.85.